The molecule has 7 aromatic rings. The molecule has 35 heteroatoms. The van der Waals surface area contributed by atoms with Crippen LogP contribution in [0, 0.1) is 11.8 Å². The Morgan fingerprint density at radius 3 is 1.66 bits per heavy atom. The van der Waals surface area contributed by atoms with Gasteiger partial charge in [-0.15, -0.1) is 11.8 Å². The number of halogens is 1. The van der Waals surface area contributed by atoms with Crippen LogP contribution in [-0.4, -0.2) is 253 Å². The maximum atomic E-state index is 15.7. The minimum absolute atomic E-state index is 0.0301. The van der Waals surface area contributed by atoms with Crippen LogP contribution in [0.1, 0.15) is 119 Å². The molecule has 8 rings (SSSR count). The Labute approximate surface area is 753 Å². The number of carboxylic acid groups (broad SMARTS) is 1. The van der Waals surface area contributed by atoms with E-state index >= 15 is 24.0 Å². The number of nitrogens with two attached hydrogens (primary N) is 2. The van der Waals surface area contributed by atoms with Gasteiger partial charge in [-0.05, 0) is 120 Å². The molecule has 11 atom stereocenters. The van der Waals surface area contributed by atoms with Gasteiger partial charge in [-0.3, -0.25) is 71.9 Å². The Hall–Kier alpha value is -12.9. The summed E-state index contributed by atoms with van der Waals surface area (Å²) in [5.41, 5.74) is 15.2. The van der Waals surface area contributed by atoms with Gasteiger partial charge < -0.3 is 93.5 Å². The molecule has 1 aliphatic heterocycles. The van der Waals surface area contributed by atoms with Gasteiger partial charge in [-0.25, -0.2) is 0 Å². The lowest BCUT2D eigenvalue weighted by molar-refractivity contribution is -0.150. The number of amides is 14. The van der Waals surface area contributed by atoms with E-state index in [1.165, 1.54) is 91.4 Å². The monoisotopic (exact) mass is 1800 g/mol. The average molecular weight is 1800 g/mol. The summed E-state index contributed by atoms with van der Waals surface area (Å²) in [6, 6.07) is 27.8. The van der Waals surface area contributed by atoms with Crippen LogP contribution < -0.4 is 48.7 Å². The smallest absolute Gasteiger partial charge is 0.305 e. The number of aryl methyl sites for hydroxylation is 1. The number of H-pyrrole nitrogens is 1. The quantitative estimate of drug-likeness (QED) is 0.0244. The second kappa shape index (κ2) is 48.7. The number of rotatable bonds is 48. The van der Waals surface area contributed by atoms with Gasteiger partial charge in [0.2, 0.25) is 82.7 Å². The van der Waals surface area contributed by atoms with E-state index in [-0.39, 0.29) is 106 Å². The van der Waals surface area contributed by atoms with Crippen molar-refractivity contribution in [2.75, 3.05) is 52.8 Å². The van der Waals surface area contributed by atoms with E-state index in [4.69, 9.17) is 23.1 Å². The summed E-state index contributed by atoms with van der Waals surface area (Å²) in [4.78, 5) is 225. The van der Waals surface area contributed by atoms with Crippen molar-refractivity contribution < 1.29 is 87.2 Å². The van der Waals surface area contributed by atoms with Crippen molar-refractivity contribution in [1.82, 2.24) is 66.7 Å². The highest BCUT2D eigenvalue weighted by Gasteiger charge is 2.44. The number of phenols is 2. The van der Waals surface area contributed by atoms with Crippen molar-refractivity contribution in [3.63, 3.8) is 0 Å². The third kappa shape index (κ3) is 29.9. The number of hydrogen-bond donors (Lipinski definition) is 13. The molecule has 0 spiro atoms. The minimum Gasteiger partial charge on any atom is -0.508 e. The van der Waals surface area contributed by atoms with Crippen molar-refractivity contribution in [2.45, 2.75) is 191 Å². The molecule has 1 fully saturated rings. The number of carboxylic acids is 1. The lowest BCUT2D eigenvalue weighted by atomic mass is 9.98. The van der Waals surface area contributed by atoms with E-state index in [0.29, 0.717) is 57.4 Å². The maximum absolute atomic E-state index is 15.7. The van der Waals surface area contributed by atoms with E-state index in [2.05, 4.69) is 42.2 Å². The van der Waals surface area contributed by atoms with Gasteiger partial charge in [-0.1, -0.05) is 174 Å². The Kier molecular flexibility index (Phi) is 38.3. The number of aliphatic carboxylic acids is 1. The predicted octanol–water partition coefficient (Wildman–Crippen LogP) is 4.77. The Balaban J connectivity index is 1.02. The van der Waals surface area contributed by atoms with Crippen LogP contribution >= 0.6 is 23.4 Å². The molecule has 0 aliphatic carbocycles. The first-order chi connectivity index (χ1) is 60.9. The molecule has 0 saturated carbocycles. The van der Waals surface area contributed by atoms with Gasteiger partial charge in [0.15, 0.2) is 0 Å². The number of likely N-dealkylation sites (N-methyl/N-ethyl adjacent to an activating group) is 4. The van der Waals surface area contributed by atoms with Crippen molar-refractivity contribution >= 4 is 123 Å². The topological polar surface area (TPSA) is 485 Å². The molecule has 0 unspecified atom stereocenters. The van der Waals surface area contributed by atoms with Crippen molar-refractivity contribution in [1.29, 1.82) is 0 Å². The van der Waals surface area contributed by atoms with Crippen LogP contribution in [0.25, 0.3) is 10.9 Å². The zero-order valence-electron chi connectivity index (χ0n) is 73.5. The summed E-state index contributed by atoms with van der Waals surface area (Å²) in [5, 5.41) is 51.0. The number of unbranched alkanes of at least 4 members (excludes halogenated alkanes) is 1. The molecular formula is C93H118ClN15O18S. The number of aromatic hydroxyl groups is 2. The number of phenolic OH excluding ortho intramolecular Hbond substituents is 2. The number of thioether (sulfide) groups is 1. The number of nitrogens with zero attached hydrogens (tertiary/aromatic N) is 5. The molecule has 15 N–H and O–H groups in total. The van der Waals surface area contributed by atoms with E-state index in [9.17, 15) is 63.3 Å². The molecular weight excluding hydrogens is 1680 g/mol. The van der Waals surface area contributed by atoms with Crippen LogP contribution in [0.5, 0.6) is 11.5 Å². The number of primary amides is 2. The number of carbonyl (C=O) groups excluding carboxylic acids is 14. The van der Waals surface area contributed by atoms with Gasteiger partial charge >= 0.3 is 5.97 Å². The van der Waals surface area contributed by atoms with Crippen molar-refractivity contribution in [2.24, 2.45) is 23.3 Å². The average Bonchev–Trinajstić information content (AvgIpc) is 1.27. The van der Waals surface area contributed by atoms with Crippen molar-refractivity contribution in [3.05, 3.63) is 202 Å². The molecule has 6 aromatic carbocycles. The first-order valence-electron chi connectivity index (χ1n) is 42.7. The zero-order valence-corrected chi connectivity index (χ0v) is 75.0. The van der Waals surface area contributed by atoms with Crippen LogP contribution in [0.15, 0.2) is 164 Å². The van der Waals surface area contributed by atoms with E-state index in [1.54, 1.807) is 119 Å². The van der Waals surface area contributed by atoms with Gasteiger partial charge in [-0.2, -0.15) is 0 Å². The first-order valence-corrected chi connectivity index (χ1v) is 44.2. The molecule has 686 valence electrons. The van der Waals surface area contributed by atoms with Crippen LogP contribution in [0.4, 0.5) is 0 Å². The first kappa shape index (κ1) is 101. The van der Waals surface area contributed by atoms with Gasteiger partial charge in [0.1, 0.15) is 78.0 Å². The number of benzene rings is 6. The van der Waals surface area contributed by atoms with E-state index < -0.39 is 168 Å². The largest absolute Gasteiger partial charge is 0.508 e. The summed E-state index contributed by atoms with van der Waals surface area (Å²) in [6.07, 6.45) is 1.77. The van der Waals surface area contributed by atoms with Gasteiger partial charge in [0.05, 0.1) is 18.7 Å². The number of carbonyl (C=O) groups is 15. The fourth-order valence-electron chi connectivity index (χ4n) is 15.3. The minimum atomic E-state index is -1.87. The molecule has 14 amide bonds. The second-order valence-electron chi connectivity index (χ2n) is 33.1. The predicted molar refractivity (Wildman–Crippen MR) is 483 cm³/mol. The molecule has 33 nitrogen and oxygen atoms in total. The fourth-order valence-corrected chi connectivity index (χ4v) is 16.3. The number of fused-ring (bicyclic) bond motifs is 1. The van der Waals surface area contributed by atoms with Gasteiger partial charge in [0.25, 0.3) is 0 Å². The van der Waals surface area contributed by atoms with Crippen LogP contribution in [0.3, 0.4) is 0 Å². The summed E-state index contributed by atoms with van der Waals surface area (Å²) in [6.45, 7) is 7.84. The lowest BCUT2D eigenvalue weighted by Gasteiger charge is -2.36. The Bertz CT molecular complexity index is 5030. The molecule has 1 aromatic heterocycles. The summed E-state index contributed by atoms with van der Waals surface area (Å²) in [7, 11) is 5.59. The van der Waals surface area contributed by atoms with Gasteiger partial charge in [0, 0.05) is 101 Å². The highest BCUT2D eigenvalue weighted by atomic mass is 35.5. The number of likely N-dealkylation sites (tertiary alicyclic amines) is 1. The molecule has 0 radical (unpaired) electrons. The number of aromatic amines is 1. The van der Waals surface area contributed by atoms with Crippen molar-refractivity contribution in [3.8, 4) is 11.5 Å². The third-order valence-electron chi connectivity index (χ3n) is 22.4. The molecule has 1 aliphatic rings. The highest BCUT2D eigenvalue weighted by molar-refractivity contribution is 8.00. The number of nitrogens with one attached hydrogen (secondary N) is 8. The SMILES string of the molecule is CCCC[C@@H](C(=O)N(C)CC(=O)N[C@@H](CC(=O)O)C(=O)N[C@H](C(=O)N(C)[C@@H](Cc1ccccc1)C(=O)N[C@@H](Cc1ccc(O)cc1)C(=O)N1CCC[C@@H]1C(=O)N[C@@H](Cc1c[nH]c2ccccc12)C(=O)N[C@@H](Cc1ccc(O)cc1)C(=O)N[C@@H](CC(C)C)C(=O)N[C@@H](CSCC(N)=O)C(N)=O)C(C)C)N(C)C(=O)[C@H](Cc1ccccc1)N(C)C(=O)CCc1cccc(Cl)c1. The number of para-hydroxylation sites is 1. The fraction of sp³-hybridized carbons (Fsp3) is 0.430. The van der Waals surface area contributed by atoms with E-state index in [1.807, 2.05) is 31.2 Å². The second-order valence-corrected chi connectivity index (χ2v) is 34.5. The number of hydrogen-bond acceptors (Lipinski definition) is 18. The standard InChI is InChI=1S/C93H118ClN15O18S/c1-10-11-30-75(107(8)92(126)77(48-58-24-16-13-17-25-58)106(7)80(114)41-36-59-26-20-27-63(94)44-59)91(125)105(6)52-79(113)98-71(50-81(115)116)87(121)104-82(56(4)5)93(127)108(9)76(47-57-22-14-12-15-23-57)89(123)102-72(46-61-34-39-65(111)40-35-61)90(124)109-42-21-31-74(109)88(122)101-70(49-62-51-97-67-29-19-18-28-66(62)67)86(120)100-69(45-60-32-37-64(110)38-33-60)85(119)99-68(43-55(2)3)84(118)103-73(83(96)117)53-128-54-78(95)112/h12-20,22-29,32-35,37-40,44,51,55-56,68-77,82,97,110-111H,10-11,21,30-31,36,41-43,45-50,52-54H2,1-9H3,(H2,95,112)(H2,96,117)(H,98,113)(H,99,119)(H,100,120)(H,101,122)(H,102,123)(H,103,118)(H,104,121)(H,115,116)/t68-,69-,70-,71-,72-,73-,74+,75-,76-,77-,82-/m0/s1. The maximum Gasteiger partial charge on any atom is 0.305 e. The summed E-state index contributed by atoms with van der Waals surface area (Å²) < 4.78 is 0. The molecule has 0 bridgehead atoms. The van der Waals surface area contributed by atoms with Crippen LogP contribution in [0.2, 0.25) is 5.02 Å². The summed E-state index contributed by atoms with van der Waals surface area (Å²) >= 11 is 7.19. The molecule has 2 heterocycles. The zero-order chi connectivity index (χ0) is 93.6. The van der Waals surface area contributed by atoms with E-state index in [0.717, 1.165) is 32.7 Å². The summed E-state index contributed by atoms with van der Waals surface area (Å²) in [5.74, 6) is -14.3. The normalized spacial score (nSPS) is 14.8. The molecule has 1 saturated heterocycles. The molecule has 128 heavy (non-hydrogen) atoms. The Morgan fingerprint density at radius 1 is 0.547 bits per heavy atom. The third-order valence-corrected chi connectivity index (χ3v) is 23.7. The number of aromatic nitrogens is 1. The lowest BCUT2D eigenvalue weighted by Crippen LogP contribution is -2.61. The highest BCUT2D eigenvalue weighted by Crippen LogP contribution is 2.27. The van der Waals surface area contributed by atoms with Crippen LogP contribution in [-0.2, 0) is 110 Å². The Morgan fingerprint density at radius 2 is 1.08 bits per heavy atom.